The van der Waals surface area contributed by atoms with Gasteiger partial charge in [0.1, 0.15) is 5.52 Å². The summed E-state index contributed by atoms with van der Waals surface area (Å²) in [7, 11) is -3.78. The number of aryl methyl sites for hydroxylation is 1. The van der Waals surface area contributed by atoms with Crippen molar-refractivity contribution in [2.45, 2.75) is 31.1 Å². The SMILES string of the molecule is Cc1ccc(S(=O)(=O)N2CC(C)(C)c3cc4nc(-c5ccccc5)c(=O)oc4cc32)cc1. The van der Waals surface area contributed by atoms with Gasteiger partial charge in [0.2, 0.25) is 0 Å². The summed E-state index contributed by atoms with van der Waals surface area (Å²) in [5, 5.41) is 0. The third kappa shape index (κ3) is 3.20. The van der Waals surface area contributed by atoms with Crippen LogP contribution in [0.1, 0.15) is 25.0 Å². The number of benzene rings is 3. The second kappa shape index (κ2) is 7.03. The Balaban J connectivity index is 1.69. The van der Waals surface area contributed by atoms with Crippen molar-refractivity contribution < 1.29 is 12.8 Å². The summed E-state index contributed by atoms with van der Waals surface area (Å²) in [4.78, 5) is 17.4. The molecule has 0 amide bonds. The zero-order valence-electron chi connectivity index (χ0n) is 18.0. The lowest BCUT2D eigenvalue weighted by molar-refractivity contribution is 0.553. The lowest BCUT2D eigenvalue weighted by Crippen LogP contribution is -2.33. The first-order valence-corrected chi connectivity index (χ1v) is 11.7. The van der Waals surface area contributed by atoms with Gasteiger partial charge in [-0.1, -0.05) is 61.9 Å². The lowest BCUT2D eigenvalue weighted by Gasteiger charge is -2.22. The van der Waals surface area contributed by atoms with Crippen LogP contribution in [0.25, 0.3) is 22.4 Å². The Morgan fingerprint density at radius 3 is 2.38 bits per heavy atom. The van der Waals surface area contributed by atoms with Gasteiger partial charge in [-0.15, -0.1) is 0 Å². The van der Waals surface area contributed by atoms with Crippen LogP contribution >= 0.6 is 0 Å². The van der Waals surface area contributed by atoms with E-state index in [1.807, 2.05) is 45.0 Å². The zero-order valence-corrected chi connectivity index (χ0v) is 18.8. The van der Waals surface area contributed by atoms with Gasteiger partial charge in [0.15, 0.2) is 11.3 Å². The fraction of sp³-hybridized carbons (Fsp3) is 0.200. The molecule has 0 saturated heterocycles. The topological polar surface area (TPSA) is 80.5 Å². The van der Waals surface area contributed by atoms with Crippen LogP contribution in [-0.4, -0.2) is 19.9 Å². The Labute approximate surface area is 186 Å². The summed E-state index contributed by atoms with van der Waals surface area (Å²) in [6, 6.07) is 19.4. The number of aromatic nitrogens is 1. The van der Waals surface area contributed by atoms with Crippen LogP contribution in [-0.2, 0) is 15.4 Å². The molecule has 0 bridgehead atoms. The standard InChI is InChI=1S/C25H22N2O4S/c1-16-9-11-18(12-10-16)32(29,30)27-15-25(2,3)19-13-20-22(14-21(19)27)31-24(28)23(26-20)17-7-5-4-6-8-17/h4-14H,15H2,1-3H3. The molecule has 1 aromatic heterocycles. The molecule has 0 spiro atoms. The molecule has 6 nitrogen and oxygen atoms in total. The van der Waals surface area contributed by atoms with E-state index in [1.54, 1.807) is 42.5 Å². The van der Waals surface area contributed by atoms with E-state index in [9.17, 15) is 13.2 Å². The molecular formula is C25H22N2O4S. The van der Waals surface area contributed by atoms with E-state index in [-0.39, 0.29) is 22.7 Å². The molecule has 1 aliphatic heterocycles. The third-order valence-electron chi connectivity index (χ3n) is 5.90. The summed E-state index contributed by atoms with van der Waals surface area (Å²) >= 11 is 0. The van der Waals surface area contributed by atoms with Crippen LogP contribution in [0.2, 0.25) is 0 Å². The monoisotopic (exact) mass is 446 g/mol. The van der Waals surface area contributed by atoms with Gasteiger partial charge < -0.3 is 4.42 Å². The molecule has 0 unspecified atom stereocenters. The van der Waals surface area contributed by atoms with Gasteiger partial charge in [0.05, 0.1) is 10.6 Å². The number of anilines is 1. The minimum Gasteiger partial charge on any atom is -0.419 e. The number of fused-ring (bicyclic) bond motifs is 2. The van der Waals surface area contributed by atoms with Crippen molar-refractivity contribution in [2.24, 2.45) is 0 Å². The van der Waals surface area contributed by atoms with E-state index < -0.39 is 21.1 Å². The van der Waals surface area contributed by atoms with Gasteiger partial charge in [-0.25, -0.2) is 18.2 Å². The largest absolute Gasteiger partial charge is 0.419 e. The number of nitrogens with zero attached hydrogens (tertiary/aromatic N) is 2. The molecule has 0 aliphatic carbocycles. The molecule has 0 N–H and O–H groups in total. The van der Waals surface area contributed by atoms with Crippen molar-refractivity contribution in [3.05, 3.63) is 88.3 Å². The molecule has 2 heterocycles. The van der Waals surface area contributed by atoms with E-state index in [1.165, 1.54) is 4.31 Å². The van der Waals surface area contributed by atoms with Gasteiger partial charge >= 0.3 is 5.63 Å². The van der Waals surface area contributed by atoms with Crippen LogP contribution < -0.4 is 9.93 Å². The van der Waals surface area contributed by atoms with E-state index in [0.29, 0.717) is 16.8 Å². The lowest BCUT2D eigenvalue weighted by atomic mass is 9.87. The molecule has 32 heavy (non-hydrogen) atoms. The number of hydrogen-bond acceptors (Lipinski definition) is 5. The maximum absolute atomic E-state index is 13.5. The van der Waals surface area contributed by atoms with E-state index in [0.717, 1.165) is 11.1 Å². The highest BCUT2D eigenvalue weighted by molar-refractivity contribution is 7.92. The highest BCUT2D eigenvalue weighted by Gasteiger charge is 2.42. The van der Waals surface area contributed by atoms with Crippen LogP contribution in [0, 0.1) is 6.92 Å². The van der Waals surface area contributed by atoms with Gasteiger partial charge in [0, 0.05) is 23.6 Å². The highest BCUT2D eigenvalue weighted by atomic mass is 32.2. The molecule has 4 aromatic rings. The summed E-state index contributed by atoms with van der Waals surface area (Å²) in [5.41, 5.74) is 3.03. The average molecular weight is 447 g/mol. The van der Waals surface area contributed by atoms with Crippen LogP contribution in [0.4, 0.5) is 5.69 Å². The van der Waals surface area contributed by atoms with Gasteiger partial charge in [-0.05, 0) is 30.7 Å². The Morgan fingerprint density at radius 2 is 1.69 bits per heavy atom. The van der Waals surface area contributed by atoms with Crippen molar-refractivity contribution in [3.63, 3.8) is 0 Å². The van der Waals surface area contributed by atoms with Crippen LogP contribution in [0.3, 0.4) is 0 Å². The molecule has 1 aliphatic rings. The van der Waals surface area contributed by atoms with E-state index in [4.69, 9.17) is 4.42 Å². The molecule has 0 saturated carbocycles. The zero-order chi connectivity index (χ0) is 22.7. The quantitative estimate of drug-likeness (QED) is 0.458. The first-order chi connectivity index (χ1) is 15.2. The van der Waals surface area contributed by atoms with E-state index >= 15 is 0 Å². The van der Waals surface area contributed by atoms with Crippen molar-refractivity contribution in [2.75, 3.05) is 10.8 Å². The van der Waals surface area contributed by atoms with Gasteiger partial charge in [-0.2, -0.15) is 0 Å². The summed E-state index contributed by atoms with van der Waals surface area (Å²) in [6.07, 6.45) is 0. The molecule has 0 atom stereocenters. The second-order valence-electron chi connectivity index (χ2n) is 8.76. The predicted molar refractivity (Wildman–Crippen MR) is 124 cm³/mol. The average Bonchev–Trinajstić information content (AvgIpc) is 3.03. The smallest absolute Gasteiger partial charge is 0.363 e. The van der Waals surface area contributed by atoms with Crippen molar-refractivity contribution >= 4 is 26.8 Å². The number of rotatable bonds is 3. The molecule has 5 rings (SSSR count). The normalized spacial score (nSPS) is 15.2. The van der Waals surface area contributed by atoms with Crippen LogP contribution in [0.5, 0.6) is 0 Å². The summed E-state index contributed by atoms with van der Waals surface area (Å²) in [6.45, 7) is 6.19. The number of hydrogen-bond donors (Lipinski definition) is 0. The first kappa shape index (κ1) is 20.5. The Hall–Kier alpha value is -3.45. The fourth-order valence-electron chi connectivity index (χ4n) is 4.15. The van der Waals surface area contributed by atoms with E-state index in [2.05, 4.69) is 4.98 Å². The molecule has 7 heteroatoms. The van der Waals surface area contributed by atoms with Crippen LogP contribution in [0.15, 0.2) is 80.8 Å². The summed E-state index contributed by atoms with van der Waals surface area (Å²) < 4.78 is 33.9. The Morgan fingerprint density at radius 1 is 1.00 bits per heavy atom. The van der Waals surface area contributed by atoms with Crippen molar-refractivity contribution in [3.8, 4) is 11.3 Å². The molecule has 162 valence electrons. The third-order valence-corrected chi connectivity index (χ3v) is 7.67. The number of sulfonamides is 1. The van der Waals surface area contributed by atoms with Crippen molar-refractivity contribution in [1.82, 2.24) is 4.98 Å². The fourth-order valence-corrected chi connectivity index (χ4v) is 5.79. The maximum atomic E-state index is 13.5. The molecule has 0 radical (unpaired) electrons. The predicted octanol–water partition coefficient (Wildman–Crippen LogP) is 4.65. The second-order valence-corrected chi connectivity index (χ2v) is 10.6. The minimum absolute atomic E-state index is 0.228. The van der Waals surface area contributed by atoms with Gasteiger partial charge in [0.25, 0.3) is 10.0 Å². The molecule has 0 fully saturated rings. The Bertz CT molecular complexity index is 1510. The maximum Gasteiger partial charge on any atom is 0.363 e. The first-order valence-electron chi connectivity index (χ1n) is 10.3. The minimum atomic E-state index is -3.78. The molecular weight excluding hydrogens is 424 g/mol. The van der Waals surface area contributed by atoms with Gasteiger partial charge in [-0.3, -0.25) is 4.31 Å². The van der Waals surface area contributed by atoms with Crippen molar-refractivity contribution in [1.29, 1.82) is 0 Å². The highest BCUT2D eigenvalue weighted by Crippen LogP contribution is 2.44. The Kier molecular flexibility index (Phi) is 4.49. The summed E-state index contributed by atoms with van der Waals surface area (Å²) in [5.74, 6) is 0. The molecule has 3 aromatic carbocycles.